The Morgan fingerprint density at radius 2 is 1.50 bits per heavy atom. The summed E-state index contributed by atoms with van der Waals surface area (Å²) in [5, 5.41) is 0. The lowest BCUT2D eigenvalue weighted by molar-refractivity contribution is 0.408. The highest BCUT2D eigenvalue weighted by Gasteiger charge is 2.15. The molecule has 0 radical (unpaired) electrons. The molecule has 2 aliphatic rings. The summed E-state index contributed by atoms with van der Waals surface area (Å²) in [5.41, 5.74) is 1.52. The molecule has 0 saturated heterocycles. The van der Waals surface area contributed by atoms with Crippen LogP contribution in [-0.2, 0) is 0 Å². The first-order chi connectivity index (χ1) is 6.97. The summed E-state index contributed by atoms with van der Waals surface area (Å²) >= 11 is 0. The Hall–Kier alpha value is -1.04. The SMILES string of the molecule is C1=CC=CC(C2CCCCC2)=CC=C1. The molecule has 0 bridgehead atoms. The first-order valence-corrected chi connectivity index (χ1v) is 5.68. The van der Waals surface area contributed by atoms with Crippen molar-refractivity contribution in [1.82, 2.24) is 0 Å². The summed E-state index contributed by atoms with van der Waals surface area (Å²) in [6.07, 6.45) is 22.2. The van der Waals surface area contributed by atoms with Crippen molar-refractivity contribution in [3.8, 4) is 0 Å². The van der Waals surface area contributed by atoms with Crippen LogP contribution in [-0.4, -0.2) is 0 Å². The predicted octanol–water partition coefficient (Wildman–Crippen LogP) is 4.18. The Morgan fingerprint density at radius 1 is 0.786 bits per heavy atom. The zero-order chi connectivity index (χ0) is 9.64. The van der Waals surface area contributed by atoms with Crippen LogP contribution in [0.15, 0.2) is 48.1 Å². The van der Waals surface area contributed by atoms with Crippen molar-refractivity contribution in [2.75, 3.05) is 0 Å². The summed E-state index contributed by atoms with van der Waals surface area (Å²) in [6, 6.07) is 0. The van der Waals surface area contributed by atoms with Crippen LogP contribution in [0.1, 0.15) is 32.1 Å². The molecule has 0 amide bonds. The van der Waals surface area contributed by atoms with Gasteiger partial charge in [-0.15, -0.1) is 0 Å². The molecular weight excluding hydrogens is 168 g/mol. The molecule has 0 aromatic heterocycles. The molecule has 0 heterocycles. The first kappa shape index (κ1) is 9.51. The number of hydrogen-bond donors (Lipinski definition) is 0. The zero-order valence-electron chi connectivity index (χ0n) is 8.65. The summed E-state index contributed by atoms with van der Waals surface area (Å²) in [5.74, 6) is 0.816. The van der Waals surface area contributed by atoms with Gasteiger partial charge in [0.15, 0.2) is 0 Å². The lowest BCUT2D eigenvalue weighted by atomic mass is 9.83. The Balaban J connectivity index is 2.07. The van der Waals surface area contributed by atoms with Gasteiger partial charge in [-0.1, -0.05) is 61.8 Å². The fourth-order valence-electron chi connectivity index (χ4n) is 2.29. The van der Waals surface area contributed by atoms with Gasteiger partial charge in [0, 0.05) is 0 Å². The Morgan fingerprint density at radius 3 is 2.36 bits per heavy atom. The third kappa shape index (κ3) is 2.47. The Kier molecular flexibility index (Phi) is 3.39. The van der Waals surface area contributed by atoms with Crippen LogP contribution in [0.5, 0.6) is 0 Å². The molecule has 0 aromatic carbocycles. The highest BCUT2D eigenvalue weighted by atomic mass is 14.2. The van der Waals surface area contributed by atoms with Gasteiger partial charge >= 0.3 is 0 Å². The van der Waals surface area contributed by atoms with Gasteiger partial charge in [0.05, 0.1) is 0 Å². The van der Waals surface area contributed by atoms with Crippen LogP contribution < -0.4 is 0 Å². The fourth-order valence-corrected chi connectivity index (χ4v) is 2.29. The largest absolute Gasteiger partial charge is 0.0623 e. The standard InChI is InChI=1S/C14H18/c1-2-5-9-13(10-6-3-1)14-11-7-4-8-12-14/h1-3,5-6,9-10,14H,4,7-8,11-12H2. The van der Waals surface area contributed by atoms with Gasteiger partial charge in [0.25, 0.3) is 0 Å². The highest BCUT2D eigenvalue weighted by molar-refractivity contribution is 5.32. The molecule has 2 aliphatic carbocycles. The normalized spacial score (nSPS) is 23.0. The quantitative estimate of drug-likeness (QED) is 0.576. The molecule has 0 atom stereocenters. The van der Waals surface area contributed by atoms with Crippen molar-refractivity contribution >= 4 is 0 Å². The number of hydrogen-bond acceptors (Lipinski definition) is 0. The van der Waals surface area contributed by atoms with Gasteiger partial charge in [-0.05, 0) is 24.3 Å². The average molecular weight is 186 g/mol. The molecule has 0 aromatic rings. The molecule has 0 aliphatic heterocycles. The molecule has 0 heteroatoms. The van der Waals surface area contributed by atoms with Crippen molar-refractivity contribution in [1.29, 1.82) is 0 Å². The van der Waals surface area contributed by atoms with E-state index in [9.17, 15) is 0 Å². The maximum Gasteiger partial charge on any atom is -0.0162 e. The van der Waals surface area contributed by atoms with E-state index in [4.69, 9.17) is 0 Å². The molecular formula is C14H18. The van der Waals surface area contributed by atoms with E-state index in [2.05, 4.69) is 42.5 Å². The minimum absolute atomic E-state index is 0.816. The smallest absolute Gasteiger partial charge is 0.0162 e. The van der Waals surface area contributed by atoms with E-state index in [-0.39, 0.29) is 0 Å². The second-order valence-electron chi connectivity index (χ2n) is 4.13. The minimum atomic E-state index is 0.816. The van der Waals surface area contributed by atoms with Crippen molar-refractivity contribution < 1.29 is 0 Å². The fraction of sp³-hybridized carbons (Fsp3) is 0.429. The number of allylic oxidation sites excluding steroid dienone is 8. The summed E-state index contributed by atoms with van der Waals surface area (Å²) in [7, 11) is 0. The van der Waals surface area contributed by atoms with Crippen LogP contribution in [0.3, 0.4) is 0 Å². The third-order valence-corrected chi connectivity index (χ3v) is 3.10. The summed E-state index contributed by atoms with van der Waals surface area (Å²) < 4.78 is 0. The molecule has 0 unspecified atom stereocenters. The van der Waals surface area contributed by atoms with E-state index in [1.807, 2.05) is 0 Å². The van der Waals surface area contributed by atoms with Crippen molar-refractivity contribution in [2.24, 2.45) is 5.92 Å². The summed E-state index contributed by atoms with van der Waals surface area (Å²) in [4.78, 5) is 0. The maximum absolute atomic E-state index is 2.27. The van der Waals surface area contributed by atoms with E-state index in [1.54, 1.807) is 0 Å². The molecule has 0 nitrogen and oxygen atoms in total. The molecule has 74 valence electrons. The molecule has 0 spiro atoms. The van der Waals surface area contributed by atoms with Crippen LogP contribution in [0.2, 0.25) is 0 Å². The first-order valence-electron chi connectivity index (χ1n) is 5.68. The monoisotopic (exact) mass is 186 g/mol. The van der Waals surface area contributed by atoms with Crippen molar-refractivity contribution in [3.63, 3.8) is 0 Å². The molecule has 1 saturated carbocycles. The van der Waals surface area contributed by atoms with E-state index in [0.29, 0.717) is 0 Å². The Bertz CT molecular complexity index is 283. The van der Waals surface area contributed by atoms with E-state index in [0.717, 1.165) is 5.92 Å². The van der Waals surface area contributed by atoms with E-state index < -0.39 is 0 Å². The van der Waals surface area contributed by atoms with Gasteiger partial charge in [0.2, 0.25) is 0 Å². The Labute approximate surface area is 86.7 Å². The van der Waals surface area contributed by atoms with Gasteiger partial charge in [-0.2, -0.15) is 0 Å². The molecule has 14 heavy (non-hydrogen) atoms. The lowest BCUT2D eigenvalue weighted by Gasteiger charge is -2.22. The minimum Gasteiger partial charge on any atom is -0.0623 e. The van der Waals surface area contributed by atoms with E-state index in [1.165, 1.54) is 37.7 Å². The van der Waals surface area contributed by atoms with Crippen LogP contribution in [0.4, 0.5) is 0 Å². The van der Waals surface area contributed by atoms with E-state index >= 15 is 0 Å². The van der Waals surface area contributed by atoms with Crippen LogP contribution in [0.25, 0.3) is 0 Å². The topological polar surface area (TPSA) is 0 Å². The maximum atomic E-state index is 2.27. The zero-order valence-corrected chi connectivity index (χ0v) is 8.65. The lowest BCUT2D eigenvalue weighted by Crippen LogP contribution is -2.07. The van der Waals surface area contributed by atoms with Gasteiger partial charge in [-0.3, -0.25) is 0 Å². The second kappa shape index (κ2) is 4.99. The highest BCUT2D eigenvalue weighted by Crippen LogP contribution is 2.30. The van der Waals surface area contributed by atoms with Crippen molar-refractivity contribution in [2.45, 2.75) is 32.1 Å². The van der Waals surface area contributed by atoms with Crippen LogP contribution >= 0.6 is 0 Å². The third-order valence-electron chi connectivity index (χ3n) is 3.10. The average Bonchev–Trinajstić information content (AvgIpc) is 2.18. The van der Waals surface area contributed by atoms with Gasteiger partial charge < -0.3 is 0 Å². The number of rotatable bonds is 1. The van der Waals surface area contributed by atoms with Gasteiger partial charge in [0.1, 0.15) is 0 Å². The second-order valence-corrected chi connectivity index (χ2v) is 4.13. The van der Waals surface area contributed by atoms with Crippen LogP contribution in [0, 0.1) is 5.92 Å². The predicted molar refractivity (Wildman–Crippen MR) is 62.1 cm³/mol. The van der Waals surface area contributed by atoms with Crippen molar-refractivity contribution in [3.05, 3.63) is 48.1 Å². The molecule has 2 rings (SSSR count). The molecule has 0 N–H and O–H groups in total. The summed E-state index contributed by atoms with van der Waals surface area (Å²) in [6.45, 7) is 0. The molecule has 1 fully saturated rings. The van der Waals surface area contributed by atoms with Gasteiger partial charge in [-0.25, -0.2) is 0 Å².